The predicted octanol–water partition coefficient (Wildman–Crippen LogP) is 4.18. The minimum atomic E-state index is -0.0540. The van der Waals surface area contributed by atoms with Crippen LogP contribution in [-0.2, 0) is 6.42 Å². The lowest BCUT2D eigenvalue weighted by atomic mass is 10.1. The molecule has 0 spiro atoms. The molecule has 3 nitrogen and oxygen atoms in total. The van der Waals surface area contributed by atoms with E-state index in [0.29, 0.717) is 17.1 Å². The lowest BCUT2D eigenvalue weighted by Gasteiger charge is -2.05. The quantitative estimate of drug-likeness (QED) is 0.682. The zero-order valence-electron chi connectivity index (χ0n) is 12.1. The lowest BCUT2D eigenvalue weighted by molar-refractivity contribution is 0.0955. The monoisotopic (exact) mass is 312 g/mol. The Morgan fingerprint density at radius 3 is 2.77 bits per heavy atom. The molecule has 0 atom stereocenters. The van der Waals surface area contributed by atoms with Crippen molar-refractivity contribution in [3.8, 4) is 0 Å². The van der Waals surface area contributed by atoms with Gasteiger partial charge in [-0.3, -0.25) is 4.79 Å². The molecular weight excluding hydrogens is 296 g/mol. The number of H-pyrrole nitrogens is 1. The summed E-state index contributed by atoms with van der Waals surface area (Å²) in [7, 11) is 0. The molecule has 1 amide bonds. The molecule has 0 saturated heterocycles. The number of benzene rings is 2. The van der Waals surface area contributed by atoms with Crippen LogP contribution in [0.25, 0.3) is 10.9 Å². The van der Waals surface area contributed by atoms with Gasteiger partial charge in [0.2, 0.25) is 0 Å². The van der Waals surface area contributed by atoms with Crippen molar-refractivity contribution in [1.29, 1.82) is 0 Å². The van der Waals surface area contributed by atoms with Crippen LogP contribution in [-0.4, -0.2) is 17.4 Å². The van der Waals surface area contributed by atoms with Gasteiger partial charge in [0.15, 0.2) is 0 Å². The lowest BCUT2D eigenvalue weighted by Crippen LogP contribution is -2.24. The Morgan fingerprint density at radius 1 is 1.14 bits per heavy atom. The van der Waals surface area contributed by atoms with Gasteiger partial charge >= 0.3 is 0 Å². The maximum absolute atomic E-state index is 12.3. The number of carbonyl (C=O) groups excluding carboxylic acids is 1. The van der Waals surface area contributed by atoms with Crippen LogP contribution < -0.4 is 5.32 Å². The molecule has 0 fully saturated rings. The average Bonchev–Trinajstić information content (AvgIpc) is 2.95. The summed E-state index contributed by atoms with van der Waals surface area (Å²) in [6.07, 6.45) is 3.61. The van der Waals surface area contributed by atoms with E-state index in [0.717, 1.165) is 23.7 Å². The molecule has 1 heterocycles. The van der Waals surface area contributed by atoms with Crippen molar-refractivity contribution >= 4 is 28.4 Å². The van der Waals surface area contributed by atoms with Crippen LogP contribution in [0.15, 0.2) is 54.7 Å². The Hall–Kier alpha value is -2.26. The smallest absolute Gasteiger partial charge is 0.253 e. The first-order chi connectivity index (χ1) is 10.7. The van der Waals surface area contributed by atoms with Crippen molar-refractivity contribution in [3.63, 3.8) is 0 Å². The van der Waals surface area contributed by atoms with E-state index >= 15 is 0 Å². The van der Waals surface area contributed by atoms with Gasteiger partial charge in [0.1, 0.15) is 0 Å². The molecule has 0 aliphatic carbocycles. The van der Waals surface area contributed by atoms with E-state index in [1.54, 1.807) is 12.3 Å². The fourth-order valence-corrected chi connectivity index (χ4v) is 2.69. The van der Waals surface area contributed by atoms with Gasteiger partial charge in [-0.25, -0.2) is 0 Å². The van der Waals surface area contributed by atoms with Gasteiger partial charge in [0.05, 0.1) is 5.56 Å². The highest BCUT2D eigenvalue weighted by atomic mass is 35.5. The second kappa shape index (κ2) is 6.67. The molecule has 0 radical (unpaired) electrons. The summed E-state index contributed by atoms with van der Waals surface area (Å²) in [4.78, 5) is 15.3. The molecule has 0 bridgehead atoms. The summed E-state index contributed by atoms with van der Waals surface area (Å²) in [6, 6.07) is 15.8. The maximum atomic E-state index is 12.3. The summed E-state index contributed by atoms with van der Waals surface area (Å²) in [5, 5.41) is 4.52. The minimum Gasteiger partial charge on any atom is -0.360 e. The van der Waals surface area contributed by atoms with Gasteiger partial charge in [-0.2, -0.15) is 0 Å². The van der Waals surface area contributed by atoms with E-state index < -0.39 is 0 Å². The van der Waals surface area contributed by atoms with Crippen molar-refractivity contribution in [2.45, 2.75) is 12.8 Å². The number of carbonyl (C=O) groups is 1. The van der Waals surface area contributed by atoms with Crippen LogP contribution >= 0.6 is 11.6 Å². The fraction of sp³-hybridized carbons (Fsp3) is 0.167. The van der Waals surface area contributed by atoms with Crippen LogP contribution in [0.5, 0.6) is 0 Å². The number of hydrogen-bond acceptors (Lipinski definition) is 1. The van der Waals surface area contributed by atoms with Crippen LogP contribution in [0, 0.1) is 0 Å². The third kappa shape index (κ3) is 3.31. The van der Waals surface area contributed by atoms with Gasteiger partial charge in [-0.15, -0.1) is 0 Å². The average molecular weight is 313 g/mol. The van der Waals surface area contributed by atoms with Gasteiger partial charge in [-0.1, -0.05) is 48.0 Å². The standard InChI is InChI=1S/C18H17ClN2O/c19-14-8-9-15-16(12-21-17(15)11-14)18(22)20-10-4-7-13-5-2-1-3-6-13/h1-3,5-6,8-9,11-12,21H,4,7,10H2,(H,20,22). The Kier molecular flexibility index (Phi) is 4.45. The topological polar surface area (TPSA) is 44.9 Å². The first kappa shape index (κ1) is 14.7. The molecule has 0 aliphatic heterocycles. The van der Waals surface area contributed by atoms with Crippen molar-refractivity contribution in [1.82, 2.24) is 10.3 Å². The summed E-state index contributed by atoms with van der Waals surface area (Å²) in [5.74, 6) is -0.0540. The van der Waals surface area contributed by atoms with Crippen molar-refractivity contribution in [3.05, 3.63) is 70.9 Å². The molecule has 0 saturated carbocycles. The van der Waals surface area contributed by atoms with E-state index in [1.807, 2.05) is 30.3 Å². The molecule has 0 aliphatic rings. The molecule has 3 aromatic rings. The second-order valence-corrected chi connectivity index (χ2v) is 5.67. The predicted molar refractivity (Wildman–Crippen MR) is 90.4 cm³/mol. The van der Waals surface area contributed by atoms with E-state index in [9.17, 15) is 4.79 Å². The Balaban J connectivity index is 1.57. The zero-order valence-corrected chi connectivity index (χ0v) is 12.9. The van der Waals surface area contributed by atoms with E-state index in [-0.39, 0.29) is 5.91 Å². The third-order valence-electron chi connectivity index (χ3n) is 3.66. The number of rotatable bonds is 5. The summed E-state index contributed by atoms with van der Waals surface area (Å²) in [5.41, 5.74) is 2.83. The first-order valence-corrected chi connectivity index (χ1v) is 7.70. The molecule has 0 unspecified atom stereocenters. The summed E-state index contributed by atoms with van der Waals surface area (Å²) >= 11 is 5.95. The molecular formula is C18H17ClN2O. The third-order valence-corrected chi connectivity index (χ3v) is 3.89. The van der Waals surface area contributed by atoms with Crippen molar-refractivity contribution < 1.29 is 4.79 Å². The number of aryl methyl sites for hydroxylation is 1. The van der Waals surface area contributed by atoms with Gasteiger partial charge in [-0.05, 0) is 30.5 Å². The highest BCUT2D eigenvalue weighted by Crippen LogP contribution is 2.21. The first-order valence-electron chi connectivity index (χ1n) is 7.33. The molecule has 2 aromatic carbocycles. The van der Waals surface area contributed by atoms with Crippen LogP contribution in [0.1, 0.15) is 22.3 Å². The zero-order chi connectivity index (χ0) is 15.4. The molecule has 1 aromatic heterocycles. The molecule has 3 rings (SSSR count). The SMILES string of the molecule is O=C(NCCCc1ccccc1)c1c[nH]c2cc(Cl)ccc12. The Morgan fingerprint density at radius 2 is 1.95 bits per heavy atom. The number of aromatic nitrogens is 1. The normalized spacial score (nSPS) is 10.8. The number of nitrogens with one attached hydrogen (secondary N) is 2. The molecule has 112 valence electrons. The van der Waals surface area contributed by atoms with Crippen LogP contribution in [0.3, 0.4) is 0 Å². The van der Waals surface area contributed by atoms with Crippen molar-refractivity contribution in [2.75, 3.05) is 6.54 Å². The van der Waals surface area contributed by atoms with E-state index in [2.05, 4.69) is 22.4 Å². The largest absolute Gasteiger partial charge is 0.360 e. The number of fused-ring (bicyclic) bond motifs is 1. The second-order valence-electron chi connectivity index (χ2n) is 5.24. The number of amides is 1. The molecule has 22 heavy (non-hydrogen) atoms. The Bertz CT molecular complexity index is 780. The number of aromatic amines is 1. The summed E-state index contributed by atoms with van der Waals surface area (Å²) in [6.45, 7) is 0.661. The fourth-order valence-electron chi connectivity index (χ4n) is 2.52. The molecule has 2 N–H and O–H groups in total. The van der Waals surface area contributed by atoms with E-state index in [1.165, 1.54) is 5.56 Å². The summed E-state index contributed by atoms with van der Waals surface area (Å²) < 4.78 is 0. The number of hydrogen-bond donors (Lipinski definition) is 2. The van der Waals surface area contributed by atoms with E-state index in [4.69, 9.17) is 11.6 Å². The molecule has 4 heteroatoms. The van der Waals surface area contributed by atoms with Crippen LogP contribution in [0.2, 0.25) is 5.02 Å². The highest BCUT2D eigenvalue weighted by Gasteiger charge is 2.11. The highest BCUT2D eigenvalue weighted by molar-refractivity contribution is 6.31. The Labute approximate surface area is 134 Å². The van der Waals surface area contributed by atoms with Gasteiger partial charge in [0.25, 0.3) is 5.91 Å². The van der Waals surface area contributed by atoms with Gasteiger partial charge in [0, 0.05) is 28.7 Å². The van der Waals surface area contributed by atoms with Crippen molar-refractivity contribution in [2.24, 2.45) is 0 Å². The van der Waals surface area contributed by atoms with Gasteiger partial charge < -0.3 is 10.3 Å². The maximum Gasteiger partial charge on any atom is 0.253 e. The van der Waals surface area contributed by atoms with Crippen LogP contribution in [0.4, 0.5) is 0 Å². The number of halogens is 1. The minimum absolute atomic E-state index is 0.0540.